The molecule has 0 aliphatic rings. The SMILES string of the molecule is O=C(COC(=O)Cc1ccc2ccccc2c1)NCC(=O)Nc1ccc(F)cc1. The Kier molecular flexibility index (Phi) is 6.52. The number of amides is 2. The number of halogens is 1. The van der Waals surface area contributed by atoms with Crippen molar-refractivity contribution in [2.75, 3.05) is 18.5 Å². The standard InChI is InChI=1S/C22H19FN2O4/c23-18-7-9-19(10-8-18)25-20(26)13-24-21(27)14-29-22(28)12-15-5-6-16-3-1-2-4-17(16)11-15/h1-11H,12-14H2,(H,24,27)(H,25,26). The average Bonchev–Trinajstić information content (AvgIpc) is 2.72. The summed E-state index contributed by atoms with van der Waals surface area (Å²) in [6, 6.07) is 18.7. The molecule has 6 nitrogen and oxygen atoms in total. The third-order valence-corrected chi connectivity index (χ3v) is 4.10. The molecule has 3 aromatic carbocycles. The Balaban J connectivity index is 1.39. The fourth-order valence-corrected chi connectivity index (χ4v) is 2.68. The van der Waals surface area contributed by atoms with Crippen molar-refractivity contribution >= 4 is 34.2 Å². The van der Waals surface area contributed by atoms with Gasteiger partial charge in [0.2, 0.25) is 5.91 Å². The van der Waals surface area contributed by atoms with Gasteiger partial charge < -0.3 is 15.4 Å². The van der Waals surface area contributed by atoms with Crippen molar-refractivity contribution in [2.24, 2.45) is 0 Å². The summed E-state index contributed by atoms with van der Waals surface area (Å²) in [6.45, 7) is -0.769. The van der Waals surface area contributed by atoms with Gasteiger partial charge in [0.05, 0.1) is 13.0 Å². The number of rotatable bonds is 7. The van der Waals surface area contributed by atoms with Crippen molar-refractivity contribution in [3.8, 4) is 0 Å². The molecule has 0 unspecified atom stereocenters. The summed E-state index contributed by atoms with van der Waals surface area (Å²) >= 11 is 0. The van der Waals surface area contributed by atoms with E-state index in [-0.39, 0.29) is 13.0 Å². The number of carbonyl (C=O) groups excluding carboxylic acids is 3. The van der Waals surface area contributed by atoms with Crippen molar-refractivity contribution in [3.63, 3.8) is 0 Å². The third-order valence-electron chi connectivity index (χ3n) is 4.10. The van der Waals surface area contributed by atoms with Gasteiger partial charge in [0.1, 0.15) is 5.82 Å². The lowest BCUT2D eigenvalue weighted by atomic mass is 10.1. The van der Waals surface area contributed by atoms with Crippen molar-refractivity contribution in [3.05, 3.63) is 78.1 Å². The lowest BCUT2D eigenvalue weighted by Gasteiger charge is -2.08. The van der Waals surface area contributed by atoms with E-state index in [0.29, 0.717) is 5.69 Å². The largest absolute Gasteiger partial charge is 0.455 e. The molecule has 3 rings (SSSR count). The number of nitrogens with one attached hydrogen (secondary N) is 2. The molecule has 0 aromatic heterocycles. The van der Waals surface area contributed by atoms with E-state index in [1.807, 2.05) is 42.5 Å². The Hall–Kier alpha value is -3.74. The number of anilines is 1. The van der Waals surface area contributed by atoms with Gasteiger partial charge >= 0.3 is 5.97 Å². The van der Waals surface area contributed by atoms with Crippen molar-refractivity contribution in [1.29, 1.82) is 0 Å². The zero-order valence-electron chi connectivity index (χ0n) is 15.5. The Morgan fingerprint density at radius 2 is 1.59 bits per heavy atom. The van der Waals surface area contributed by atoms with Crippen LogP contribution in [0.5, 0.6) is 0 Å². The highest BCUT2D eigenvalue weighted by Gasteiger charge is 2.10. The maximum absolute atomic E-state index is 12.8. The second kappa shape index (κ2) is 9.45. The molecule has 0 atom stereocenters. The first-order valence-corrected chi connectivity index (χ1v) is 8.95. The van der Waals surface area contributed by atoms with E-state index in [4.69, 9.17) is 4.74 Å². The summed E-state index contributed by atoms with van der Waals surface area (Å²) in [5.41, 5.74) is 1.19. The van der Waals surface area contributed by atoms with Crippen LogP contribution in [-0.4, -0.2) is 30.9 Å². The summed E-state index contributed by atoms with van der Waals surface area (Å²) < 4.78 is 17.8. The lowest BCUT2D eigenvalue weighted by Crippen LogP contribution is -2.35. The Bertz CT molecular complexity index is 1030. The van der Waals surface area contributed by atoms with E-state index in [9.17, 15) is 18.8 Å². The van der Waals surface area contributed by atoms with Crippen molar-refractivity contribution in [2.45, 2.75) is 6.42 Å². The van der Waals surface area contributed by atoms with E-state index in [1.54, 1.807) is 0 Å². The maximum Gasteiger partial charge on any atom is 0.310 e. The van der Waals surface area contributed by atoms with Crippen molar-refractivity contribution < 1.29 is 23.5 Å². The van der Waals surface area contributed by atoms with Crippen LogP contribution < -0.4 is 10.6 Å². The molecule has 2 N–H and O–H groups in total. The fraction of sp³-hybridized carbons (Fsp3) is 0.136. The Morgan fingerprint density at radius 1 is 0.862 bits per heavy atom. The molecule has 29 heavy (non-hydrogen) atoms. The molecule has 0 aliphatic carbocycles. The molecule has 2 amide bonds. The van der Waals surface area contributed by atoms with Crippen LogP contribution in [0.25, 0.3) is 10.8 Å². The second-order valence-corrected chi connectivity index (χ2v) is 6.35. The first kappa shape index (κ1) is 20.0. The number of hydrogen-bond acceptors (Lipinski definition) is 4. The molecule has 0 fully saturated rings. The van der Waals surface area contributed by atoms with Crippen LogP contribution in [0.15, 0.2) is 66.7 Å². The molecule has 0 heterocycles. The van der Waals surface area contributed by atoms with Crippen LogP contribution in [0, 0.1) is 5.82 Å². The highest BCUT2D eigenvalue weighted by molar-refractivity contribution is 5.94. The van der Waals surface area contributed by atoms with Gasteiger partial charge in [-0.25, -0.2) is 4.39 Å². The van der Waals surface area contributed by atoms with Gasteiger partial charge in [0.25, 0.3) is 5.91 Å². The fourth-order valence-electron chi connectivity index (χ4n) is 2.68. The first-order chi connectivity index (χ1) is 14.0. The van der Waals surface area contributed by atoms with Crippen LogP contribution >= 0.6 is 0 Å². The van der Waals surface area contributed by atoms with Gasteiger partial charge in [-0.3, -0.25) is 14.4 Å². The molecule has 148 valence electrons. The number of fused-ring (bicyclic) bond motifs is 1. The predicted octanol–water partition coefficient (Wildman–Crippen LogP) is 2.82. The van der Waals surface area contributed by atoms with E-state index in [2.05, 4.69) is 10.6 Å². The smallest absolute Gasteiger partial charge is 0.310 e. The molecule has 0 saturated carbocycles. The predicted molar refractivity (Wildman–Crippen MR) is 107 cm³/mol. The molecule has 0 bridgehead atoms. The van der Waals surface area contributed by atoms with Gasteiger partial charge in [0, 0.05) is 5.69 Å². The average molecular weight is 394 g/mol. The summed E-state index contributed by atoms with van der Waals surface area (Å²) in [4.78, 5) is 35.5. The Morgan fingerprint density at radius 3 is 2.34 bits per heavy atom. The number of carbonyl (C=O) groups is 3. The van der Waals surface area contributed by atoms with Crippen LogP contribution in [0.1, 0.15) is 5.56 Å². The zero-order valence-corrected chi connectivity index (χ0v) is 15.5. The quantitative estimate of drug-likeness (QED) is 0.604. The van der Waals surface area contributed by atoms with Gasteiger partial charge in [-0.2, -0.15) is 0 Å². The minimum absolute atomic E-state index is 0.0448. The van der Waals surface area contributed by atoms with Gasteiger partial charge in [-0.15, -0.1) is 0 Å². The number of esters is 1. The number of ether oxygens (including phenoxy) is 1. The lowest BCUT2D eigenvalue weighted by molar-refractivity contribution is -0.147. The monoisotopic (exact) mass is 394 g/mol. The first-order valence-electron chi connectivity index (χ1n) is 8.95. The molecule has 0 saturated heterocycles. The van der Waals surface area contributed by atoms with E-state index >= 15 is 0 Å². The number of hydrogen-bond donors (Lipinski definition) is 2. The third kappa shape index (κ3) is 6.14. The van der Waals surface area contributed by atoms with Gasteiger partial charge in [0.15, 0.2) is 6.61 Å². The van der Waals surface area contributed by atoms with Crippen LogP contribution in [0.2, 0.25) is 0 Å². The molecule has 7 heteroatoms. The highest BCUT2D eigenvalue weighted by Crippen LogP contribution is 2.16. The molecule has 0 radical (unpaired) electrons. The Labute approximate surface area is 166 Å². The van der Waals surface area contributed by atoms with Gasteiger partial charge in [-0.1, -0.05) is 42.5 Å². The van der Waals surface area contributed by atoms with E-state index < -0.39 is 30.2 Å². The molecular weight excluding hydrogens is 375 g/mol. The molecular formula is C22H19FN2O4. The highest BCUT2D eigenvalue weighted by atomic mass is 19.1. The van der Waals surface area contributed by atoms with Crippen LogP contribution in [0.3, 0.4) is 0 Å². The summed E-state index contributed by atoms with van der Waals surface area (Å²) in [6.07, 6.45) is 0.0448. The van der Waals surface area contributed by atoms with Crippen LogP contribution in [-0.2, 0) is 25.5 Å². The minimum atomic E-state index is -0.592. The number of benzene rings is 3. The minimum Gasteiger partial charge on any atom is -0.455 e. The summed E-state index contributed by atoms with van der Waals surface area (Å²) in [5, 5.41) is 6.95. The topological polar surface area (TPSA) is 84.5 Å². The van der Waals surface area contributed by atoms with E-state index in [1.165, 1.54) is 24.3 Å². The van der Waals surface area contributed by atoms with E-state index in [0.717, 1.165) is 16.3 Å². The summed E-state index contributed by atoms with van der Waals surface area (Å²) in [5.74, 6) is -2.02. The maximum atomic E-state index is 12.8. The summed E-state index contributed by atoms with van der Waals surface area (Å²) in [7, 11) is 0. The van der Waals surface area contributed by atoms with Crippen LogP contribution in [0.4, 0.5) is 10.1 Å². The zero-order chi connectivity index (χ0) is 20.6. The molecule has 0 aliphatic heterocycles. The van der Waals surface area contributed by atoms with Crippen molar-refractivity contribution in [1.82, 2.24) is 5.32 Å². The normalized spacial score (nSPS) is 10.4. The molecule has 3 aromatic rings. The van der Waals surface area contributed by atoms with Gasteiger partial charge in [-0.05, 0) is 40.6 Å². The molecule has 0 spiro atoms. The second-order valence-electron chi connectivity index (χ2n) is 6.35.